The molecule has 0 aromatic heterocycles. The van der Waals surface area contributed by atoms with Gasteiger partial charge in [0, 0.05) is 5.92 Å². The van der Waals surface area contributed by atoms with Crippen LogP contribution in [-0.2, 0) is 4.79 Å². The van der Waals surface area contributed by atoms with Gasteiger partial charge >= 0.3 is 0 Å². The molecule has 1 aromatic rings. The lowest BCUT2D eigenvalue weighted by Crippen LogP contribution is -2.38. The minimum Gasteiger partial charge on any atom is -0.478 e. The van der Waals surface area contributed by atoms with Crippen LogP contribution >= 0.6 is 11.8 Å². The Hall–Kier alpha value is -1.53. The Morgan fingerprint density at radius 3 is 2.04 bits per heavy atom. The third kappa shape index (κ3) is 6.36. The standard InChI is InChI=1S/C15H20N2O3S.2C2H6/c1-10(15(2)13(18)16-14(19)21-15)11-5-7-12(8-6-11)20-9-17(3)4;2*1-2/h5-8,10H,9H2,1-4H3,(H,16,18,19);2*1-2H3. The molecule has 1 heterocycles. The summed E-state index contributed by atoms with van der Waals surface area (Å²) in [6, 6.07) is 7.66. The van der Waals surface area contributed by atoms with Crippen LogP contribution in [0.4, 0.5) is 4.79 Å². The van der Waals surface area contributed by atoms with Gasteiger partial charge in [0.15, 0.2) is 0 Å². The van der Waals surface area contributed by atoms with E-state index in [9.17, 15) is 9.59 Å². The van der Waals surface area contributed by atoms with Crippen LogP contribution in [0, 0.1) is 0 Å². The summed E-state index contributed by atoms with van der Waals surface area (Å²) in [5, 5.41) is 2.08. The van der Waals surface area contributed by atoms with E-state index >= 15 is 0 Å². The minimum absolute atomic E-state index is 0.0724. The molecule has 6 heteroatoms. The topological polar surface area (TPSA) is 58.6 Å². The van der Waals surface area contributed by atoms with Crippen LogP contribution < -0.4 is 10.1 Å². The fourth-order valence-electron chi connectivity index (χ4n) is 2.14. The number of benzene rings is 1. The van der Waals surface area contributed by atoms with Gasteiger partial charge in [0.05, 0.1) is 0 Å². The van der Waals surface area contributed by atoms with Crippen LogP contribution in [0.25, 0.3) is 0 Å². The third-order valence-electron chi connectivity index (χ3n) is 3.67. The van der Waals surface area contributed by atoms with Crippen molar-refractivity contribution < 1.29 is 14.3 Å². The molecule has 1 aromatic carbocycles. The van der Waals surface area contributed by atoms with Crippen molar-refractivity contribution in [2.75, 3.05) is 20.8 Å². The molecular weight excluding hydrogens is 336 g/mol. The van der Waals surface area contributed by atoms with Gasteiger partial charge in [0.1, 0.15) is 17.2 Å². The summed E-state index contributed by atoms with van der Waals surface area (Å²) in [6.45, 7) is 12.3. The molecule has 0 aliphatic carbocycles. The first-order valence-corrected chi connectivity index (χ1v) is 9.56. The van der Waals surface area contributed by atoms with Crippen molar-refractivity contribution in [3.8, 4) is 5.75 Å². The molecule has 1 N–H and O–H groups in total. The second kappa shape index (κ2) is 11.2. The highest BCUT2D eigenvalue weighted by molar-refractivity contribution is 8.16. The summed E-state index contributed by atoms with van der Waals surface area (Å²) in [7, 11) is 3.87. The monoisotopic (exact) mass is 368 g/mol. The number of hydrogen-bond donors (Lipinski definition) is 1. The number of amides is 2. The van der Waals surface area contributed by atoms with Crippen LogP contribution in [-0.4, -0.2) is 41.6 Å². The predicted molar refractivity (Wildman–Crippen MR) is 106 cm³/mol. The second-order valence-electron chi connectivity index (χ2n) is 5.59. The first kappa shape index (κ1) is 23.5. The zero-order valence-electron chi connectivity index (χ0n) is 16.7. The maximum absolute atomic E-state index is 12.0. The van der Waals surface area contributed by atoms with E-state index in [0.717, 1.165) is 23.1 Å². The second-order valence-corrected chi connectivity index (χ2v) is 7.02. The number of carbonyl (C=O) groups excluding carboxylic acids is 2. The van der Waals surface area contributed by atoms with Crippen molar-refractivity contribution >= 4 is 22.9 Å². The summed E-state index contributed by atoms with van der Waals surface area (Å²) in [4.78, 5) is 25.3. The maximum atomic E-state index is 12.0. The highest BCUT2D eigenvalue weighted by Gasteiger charge is 2.48. The van der Waals surface area contributed by atoms with E-state index in [2.05, 4.69) is 5.32 Å². The molecule has 1 aliphatic rings. The van der Waals surface area contributed by atoms with E-state index in [4.69, 9.17) is 4.74 Å². The van der Waals surface area contributed by atoms with Crippen molar-refractivity contribution in [3.63, 3.8) is 0 Å². The minimum atomic E-state index is -0.761. The van der Waals surface area contributed by atoms with E-state index in [0.29, 0.717) is 6.73 Å². The molecule has 0 saturated carbocycles. The van der Waals surface area contributed by atoms with Crippen molar-refractivity contribution in [1.82, 2.24) is 10.2 Å². The molecule has 0 spiro atoms. The van der Waals surface area contributed by atoms with Gasteiger partial charge in [-0.1, -0.05) is 46.8 Å². The Morgan fingerprint density at radius 1 is 1.12 bits per heavy atom. The number of carbonyl (C=O) groups is 2. The molecule has 2 unspecified atom stereocenters. The number of ether oxygens (including phenoxy) is 1. The van der Waals surface area contributed by atoms with Gasteiger partial charge in [0.2, 0.25) is 5.91 Å². The summed E-state index contributed by atoms with van der Waals surface area (Å²) in [5.41, 5.74) is 1.01. The van der Waals surface area contributed by atoms with Crippen LogP contribution in [0.2, 0.25) is 0 Å². The summed E-state index contributed by atoms with van der Waals surface area (Å²) >= 11 is 1.06. The van der Waals surface area contributed by atoms with Gasteiger partial charge in [-0.15, -0.1) is 0 Å². The lowest BCUT2D eigenvalue weighted by Gasteiger charge is -2.27. The molecule has 5 nitrogen and oxygen atoms in total. The molecule has 0 bridgehead atoms. The molecule has 0 radical (unpaired) electrons. The third-order valence-corrected chi connectivity index (χ3v) is 4.92. The SMILES string of the molecule is CC.CC.CC(c1ccc(OCN(C)C)cc1)C1(C)SC(=O)NC1=O. The van der Waals surface area contributed by atoms with Gasteiger partial charge in [-0.25, -0.2) is 0 Å². The Kier molecular flexibility index (Phi) is 10.5. The van der Waals surface area contributed by atoms with Gasteiger partial charge < -0.3 is 4.74 Å². The van der Waals surface area contributed by atoms with Crippen LogP contribution in [0.1, 0.15) is 53.0 Å². The summed E-state index contributed by atoms with van der Waals surface area (Å²) in [6.07, 6.45) is 0. The van der Waals surface area contributed by atoms with Gasteiger partial charge in [0.25, 0.3) is 5.24 Å². The maximum Gasteiger partial charge on any atom is 0.286 e. The number of hydrogen-bond acceptors (Lipinski definition) is 5. The zero-order valence-corrected chi connectivity index (χ0v) is 17.5. The molecule has 2 rings (SSSR count). The number of imide groups is 1. The quantitative estimate of drug-likeness (QED) is 0.777. The largest absolute Gasteiger partial charge is 0.478 e. The van der Waals surface area contributed by atoms with Crippen molar-refractivity contribution in [2.24, 2.45) is 0 Å². The number of nitrogens with one attached hydrogen (secondary N) is 1. The summed E-state index contributed by atoms with van der Waals surface area (Å²) in [5.74, 6) is 0.485. The highest BCUT2D eigenvalue weighted by Crippen LogP contribution is 2.43. The average molecular weight is 369 g/mol. The fourth-order valence-corrected chi connectivity index (χ4v) is 3.13. The molecule has 1 saturated heterocycles. The Bertz CT molecular complexity index is 546. The molecule has 2 amide bonds. The van der Waals surface area contributed by atoms with Gasteiger partial charge in [-0.2, -0.15) is 0 Å². The van der Waals surface area contributed by atoms with Crippen LogP contribution in [0.3, 0.4) is 0 Å². The van der Waals surface area contributed by atoms with E-state index in [1.54, 1.807) is 6.92 Å². The van der Waals surface area contributed by atoms with Crippen molar-refractivity contribution in [2.45, 2.75) is 52.2 Å². The van der Waals surface area contributed by atoms with Crippen LogP contribution in [0.5, 0.6) is 5.75 Å². The molecule has 142 valence electrons. The van der Waals surface area contributed by atoms with Gasteiger partial charge in [-0.3, -0.25) is 19.8 Å². The zero-order chi connectivity index (χ0) is 19.6. The highest BCUT2D eigenvalue weighted by atomic mass is 32.2. The number of thioether (sulfide) groups is 1. The number of nitrogens with zero attached hydrogens (tertiary/aromatic N) is 1. The lowest BCUT2D eigenvalue weighted by atomic mass is 9.87. The molecule has 1 fully saturated rings. The Labute approximate surface area is 156 Å². The van der Waals surface area contributed by atoms with Crippen molar-refractivity contribution in [3.05, 3.63) is 29.8 Å². The molecule has 25 heavy (non-hydrogen) atoms. The lowest BCUT2D eigenvalue weighted by molar-refractivity contribution is -0.121. The van der Waals surface area contributed by atoms with E-state index in [1.807, 2.05) is 77.9 Å². The molecule has 1 aliphatic heterocycles. The Morgan fingerprint density at radius 2 is 1.64 bits per heavy atom. The first-order chi connectivity index (χ1) is 11.8. The average Bonchev–Trinajstić information content (AvgIpc) is 2.89. The normalized spacial score (nSPS) is 20.0. The molecule has 2 atom stereocenters. The predicted octanol–water partition coefficient (Wildman–Crippen LogP) is 4.48. The summed E-state index contributed by atoms with van der Waals surface area (Å²) < 4.78 is 4.82. The Balaban J connectivity index is 0.00000134. The molecular formula is C19H32N2O3S. The van der Waals surface area contributed by atoms with Crippen LogP contribution in [0.15, 0.2) is 24.3 Å². The van der Waals surface area contributed by atoms with Gasteiger partial charge in [-0.05, 0) is 50.5 Å². The first-order valence-electron chi connectivity index (χ1n) is 8.75. The van der Waals surface area contributed by atoms with E-state index in [1.165, 1.54) is 0 Å². The van der Waals surface area contributed by atoms with Crippen molar-refractivity contribution in [1.29, 1.82) is 0 Å². The van der Waals surface area contributed by atoms with E-state index in [-0.39, 0.29) is 17.1 Å². The fraction of sp³-hybridized carbons (Fsp3) is 0.579. The number of rotatable bonds is 5. The smallest absolute Gasteiger partial charge is 0.286 e. The van der Waals surface area contributed by atoms with E-state index < -0.39 is 4.75 Å².